The van der Waals surface area contributed by atoms with Crippen LogP contribution < -0.4 is 0 Å². The Balaban J connectivity index is 2.23. The molecule has 0 atom stereocenters. The monoisotopic (exact) mass is 278 g/mol. The maximum absolute atomic E-state index is 10.9. The quantitative estimate of drug-likeness (QED) is 0.606. The topological polar surface area (TPSA) is 57.5 Å². The molecule has 3 nitrogen and oxygen atoms in total. The molecule has 0 saturated carbocycles. The molecular formula is C17H26O3. The number of carboxylic acids is 1. The van der Waals surface area contributed by atoms with E-state index in [0.717, 1.165) is 18.4 Å². The second-order valence-corrected chi connectivity index (χ2v) is 5.42. The van der Waals surface area contributed by atoms with Crippen LogP contribution in [0.5, 0.6) is 5.75 Å². The minimum atomic E-state index is -0.988. The lowest BCUT2D eigenvalue weighted by Gasteiger charge is -2.05. The number of hydrogen-bond donors (Lipinski definition) is 2. The third-order valence-electron chi connectivity index (χ3n) is 3.54. The van der Waals surface area contributed by atoms with Crippen LogP contribution in [0.2, 0.25) is 0 Å². The van der Waals surface area contributed by atoms with Gasteiger partial charge >= 0.3 is 5.97 Å². The van der Waals surface area contributed by atoms with Crippen LogP contribution in [-0.4, -0.2) is 16.2 Å². The fourth-order valence-corrected chi connectivity index (χ4v) is 2.40. The minimum absolute atomic E-state index is 0.0412. The first-order valence-corrected chi connectivity index (χ1v) is 7.69. The average molecular weight is 278 g/mol. The van der Waals surface area contributed by atoms with E-state index in [1.807, 2.05) is 0 Å². The molecule has 0 aliphatic heterocycles. The zero-order valence-corrected chi connectivity index (χ0v) is 12.4. The standard InChI is InChI=1S/C17H26O3/c1-2-3-4-5-6-7-8-9-10-14-11-15(17(19)20)13-16(18)12-14/h11-13,18H,2-10H2,1H3,(H,19,20). The molecule has 0 saturated heterocycles. The van der Waals surface area contributed by atoms with Crippen LogP contribution in [-0.2, 0) is 6.42 Å². The molecule has 0 fully saturated rings. The zero-order valence-electron chi connectivity index (χ0n) is 12.4. The van der Waals surface area contributed by atoms with Gasteiger partial charge in [0.15, 0.2) is 0 Å². The largest absolute Gasteiger partial charge is 0.508 e. The average Bonchev–Trinajstić information content (AvgIpc) is 2.41. The molecule has 112 valence electrons. The van der Waals surface area contributed by atoms with E-state index in [1.165, 1.54) is 51.0 Å². The molecule has 0 bridgehead atoms. The molecule has 0 unspecified atom stereocenters. The number of carboxylic acid groups (broad SMARTS) is 1. The Morgan fingerprint density at radius 2 is 1.55 bits per heavy atom. The Bertz CT molecular complexity index is 413. The van der Waals surface area contributed by atoms with E-state index in [1.54, 1.807) is 12.1 Å². The SMILES string of the molecule is CCCCCCCCCCc1cc(O)cc(C(=O)O)c1. The van der Waals surface area contributed by atoms with E-state index in [4.69, 9.17) is 5.11 Å². The normalized spacial score (nSPS) is 10.7. The Hall–Kier alpha value is -1.51. The summed E-state index contributed by atoms with van der Waals surface area (Å²) in [6, 6.07) is 4.61. The molecular weight excluding hydrogens is 252 g/mol. The first-order valence-electron chi connectivity index (χ1n) is 7.69. The molecule has 0 aromatic heterocycles. The molecule has 0 spiro atoms. The van der Waals surface area contributed by atoms with Crippen molar-refractivity contribution in [3.8, 4) is 5.75 Å². The summed E-state index contributed by atoms with van der Waals surface area (Å²) in [4.78, 5) is 10.9. The van der Waals surface area contributed by atoms with Gasteiger partial charge in [0, 0.05) is 0 Å². The zero-order chi connectivity index (χ0) is 14.8. The van der Waals surface area contributed by atoms with Gasteiger partial charge in [-0.3, -0.25) is 0 Å². The van der Waals surface area contributed by atoms with Crippen LogP contribution >= 0.6 is 0 Å². The number of unbranched alkanes of at least 4 members (excludes halogenated alkanes) is 7. The number of aromatic hydroxyl groups is 1. The lowest BCUT2D eigenvalue weighted by Crippen LogP contribution is -1.97. The number of carbonyl (C=O) groups is 1. The highest BCUT2D eigenvalue weighted by Crippen LogP contribution is 2.18. The van der Waals surface area contributed by atoms with Crippen LogP contribution in [0, 0.1) is 0 Å². The van der Waals surface area contributed by atoms with Crippen molar-refractivity contribution in [2.24, 2.45) is 0 Å². The van der Waals surface area contributed by atoms with Gasteiger partial charge in [0.05, 0.1) is 5.56 Å². The molecule has 1 aromatic rings. The van der Waals surface area contributed by atoms with Crippen molar-refractivity contribution in [3.63, 3.8) is 0 Å². The van der Waals surface area contributed by atoms with E-state index in [9.17, 15) is 9.90 Å². The first kappa shape index (κ1) is 16.5. The van der Waals surface area contributed by atoms with Gasteiger partial charge in [-0.1, -0.05) is 51.9 Å². The van der Waals surface area contributed by atoms with Crippen molar-refractivity contribution < 1.29 is 15.0 Å². The summed E-state index contributed by atoms with van der Waals surface area (Å²) in [5, 5.41) is 18.4. The van der Waals surface area contributed by atoms with Gasteiger partial charge in [-0.2, -0.15) is 0 Å². The molecule has 1 aromatic carbocycles. The summed E-state index contributed by atoms with van der Waals surface area (Å²) in [6.45, 7) is 2.22. The second kappa shape index (κ2) is 9.40. The summed E-state index contributed by atoms with van der Waals surface area (Å²) in [5.41, 5.74) is 1.08. The molecule has 0 aliphatic rings. The Morgan fingerprint density at radius 3 is 2.15 bits per heavy atom. The fraction of sp³-hybridized carbons (Fsp3) is 0.588. The maximum Gasteiger partial charge on any atom is 0.335 e. The highest BCUT2D eigenvalue weighted by atomic mass is 16.4. The van der Waals surface area contributed by atoms with E-state index in [2.05, 4.69) is 6.92 Å². The number of aryl methyl sites for hydroxylation is 1. The molecule has 0 amide bonds. The van der Waals surface area contributed by atoms with Crippen LogP contribution in [0.4, 0.5) is 0 Å². The molecule has 0 heterocycles. The van der Waals surface area contributed by atoms with Crippen LogP contribution in [0.25, 0.3) is 0 Å². The summed E-state index contributed by atoms with van der Waals surface area (Å²) in [5.74, 6) is -0.947. The number of hydrogen-bond acceptors (Lipinski definition) is 2. The Kier molecular flexibility index (Phi) is 7.78. The van der Waals surface area contributed by atoms with Crippen molar-refractivity contribution in [2.45, 2.75) is 64.7 Å². The Labute approximate surface area is 121 Å². The van der Waals surface area contributed by atoms with Crippen molar-refractivity contribution >= 4 is 5.97 Å². The highest BCUT2D eigenvalue weighted by molar-refractivity contribution is 5.88. The van der Waals surface area contributed by atoms with Gasteiger partial charge in [0.25, 0.3) is 0 Å². The van der Waals surface area contributed by atoms with E-state index in [0.29, 0.717) is 0 Å². The smallest absolute Gasteiger partial charge is 0.335 e. The van der Waals surface area contributed by atoms with E-state index < -0.39 is 5.97 Å². The summed E-state index contributed by atoms with van der Waals surface area (Å²) < 4.78 is 0. The third kappa shape index (κ3) is 6.60. The third-order valence-corrected chi connectivity index (χ3v) is 3.54. The van der Waals surface area contributed by atoms with Crippen LogP contribution in [0.3, 0.4) is 0 Å². The minimum Gasteiger partial charge on any atom is -0.508 e. The van der Waals surface area contributed by atoms with Gasteiger partial charge in [0.1, 0.15) is 5.75 Å². The molecule has 1 rings (SSSR count). The highest BCUT2D eigenvalue weighted by Gasteiger charge is 2.06. The van der Waals surface area contributed by atoms with E-state index in [-0.39, 0.29) is 11.3 Å². The Morgan fingerprint density at radius 1 is 0.950 bits per heavy atom. The van der Waals surface area contributed by atoms with Gasteiger partial charge < -0.3 is 10.2 Å². The van der Waals surface area contributed by atoms with Gasteiger partial charge in [-0.15, -0.1) is 0 Å². The number of phenolic OH excluding ortho intramolecular Hbond substituents is 1. The van der Waals surface area contributed by atoms with Gasteiger partial charge in [-0.05, 0) is 36.6 Å². The van der Waals surface area contributed by atoms with Crippen molar-refractivity contribution in [2.75, 3.05) is 0 Å². The molecule has 2 N–H and O–H groups in total. The fourth-order valence-electron chi connectivity index (χ4n) is 2.40. The first-order chi connectivity index (χ1) is 9.63. The molecule has 0 radical (unpaired) electrons. The number of aromatic carboxylic acids is 1. The number of phenols is 1. The lowest BCUT2D eigenvalue weighted by atomic mass is 10.0. The van der Waals surface area contributed by atoms with Gasteiger partial charge in [0.2, 0.25) is 0 Å². The number of benzene rings is 1. The predicted octanol–water partition coefficient (Wildman–Crippen LogP) is 4.77. The molecule has 3 heteroatoms. The number of rotatable bonds is 10. The predicted molar refractivity (Wildman–Crippen MR) is 81.4 cm³/mol. The second-order valence-electron chi connectivity index (χ2n) is 5.42. The summed E-state index contributed by atoms with van der Waals surface area (Å²) in [7, 11) is 0. The molecule has 20 heavy (non-hydrogen) atoms. The van der Waals surface area contributed by atoms with Crippen molar-refractivity contribution in [1.82, 2.24) is 0 Å². The lowest BCUT2D eigenvalue weighted by molar-refractivity contribution is 0.0696. The maximum atomic E-state index is 10.9. The van der Waals surface area contributed by atoms with E-state index >= 15 is 0 Å². The van der Waals surface area contributed by atoms with Gasteiger partial charge in [-0.25, -0.2) is 4.79 Å². The summed E-state index contributed by atoms with van der Waals surface area (Å²) in [6.07, 6.45) is 10.9. The van der Waals surface area contributed by atoms with Crippen LogP contribution in [0.1, 0.15) is 74.2 Å². The van der Waals surface area contributed by atoms with Crippen molar-refractivity contribution in [1.29, 1.82) is 0 Å². The summed E-state index contributed by atoms with van der Waals surface area (Å²) >= 11 is 0. The molecule has 0 aliphatic carbocycles. The van der Waals surface area contributed by atoms with Crippen molar-refractivity contribution in [3.05, 3.63) is 29.3 Å². The van der Waals surface area contributed by atoms with Crippen LogP contribution in [0.15, 0.2) is 18.2 Å².